The van der Waals surface area contributed by atoms with Gasteiger partial charge < -0.3 is 4.74 Å². The zero-order valence-electron chi connectivity index (χ0n) is 11.5. The third-order valence-electron chi connectivity index (χ3n) is 4.12. The largest absolute Gasteiger partial charge is 0.465 e. The molecule has 0 heterocycles. The maximum Gasteiger partial charge on any atom is 0.320 e. The van der Waals surface area contributed by atoms with Gasteiger partial charge >= 0.3 is 5.97 Å². The third-order valence-corrected chi connectivity index (χ3v) is 4.12. The van der Waals surface area contributed by atoms with Crippen molar-refractivity contribution >= 4 is 5.97 Å². The molecule has 0 N–H and O–H groups in total. The Morgan fingerprint density at radius 2 is 2.16 bits per heavy atom. The van der Waals surface area contributed by atoms with Crippen LogP contribution in [0.5, 0.6) is 0 Å². The van der Waals surface area contributed by atoms with E-state index >= 15 is 0 Å². The summed E-state index contributed by atoms with van der Waals surface area (Å²) in [6.07, 6.45) is 3.61. The summed E-state index contributed by atoms with van der Waals surface area (Å²) >= 11 is 0. The van der Waals surface area contributed by atoms with Gasteiger partial charge in [-0.1, -0.05) is 24.3 Å². The summed E-state index contributed by atoms with van der Waals surface area (Å²) in [7, 11) is 0. The number of nitrogens with zero attached hydrogens (tertiary/aromatic N) is 1. The summed E-state index contributed by atoms with van der Waals surface area (Å²) in [4.78, 5) is 14.0. The number of benzene rings is 1. The number of esters is 1. The number of hydrogen-bond donors (Lipinski definition) is 0. The molecule has 0 aliphatic heterocycles. The van der Waals surface area contributed by atoms with Crippen LogP contribution in [-0.2, 0) is 16.0 Å². The van der Waals surface area contributed by atoms with E-state index in [1.54, 1.807) is 0 Å². The second-order valence-electron chi connectivity index (χ2n) is 5.57. The Morgan fingerprint density at radius 1 is 1.37 bits per heavy atom. The minimum absolute atomic E-state index is 0.0815. The SMILES string of the molecule is CCOC(=O)CN(CC1Cc2ccccc21)C1CC1. The number of fused-ring (bicyclic) bond motifs is 1. The van der Waals surface area contributed by atoms with Crippen molar-refractivity contribution in [1.29, 1.82) is 0 Å². The normalized spacial score (nSPS) is 20.8. The molecule has 1 aromatic carbocycles. The number of hydrogen-bond acceptors (Lipinski definition) is 3. The molecule has 1 aromatic rings. The van der Waals surface area contributed by atoms with Gasteiger partial charge in [-0.2, -0.15) is 0 Å². The Balaban J connectivity index is 1.59. The third kappa shape index (κ3) is 2.81. The maximum atomic E-state index is 11.7. The van der Waals surface area contributed by atoms with Crippen LogP contribution in [0.4, 0.5) is 0 Å². The lowest BCUT2D eigenvalue weighted by Gasteiger charge is -2.34. The first-order valence-corrected chi connectivity index (χ1v) is 7.25. The molecule has 1 atom stereocenters. The van der Waals surface area contributed by atoms with Crippen molar-refractivity contribution in [3.05, 3.63) is 35.4 Å². The van der Waals surface area contributed by atoms with Crippen molar-refractivity contribution in [3.8, 4) is 0 Å². The molecular weight excluding hydrogens is 238 g/mol. The molecule has 3 rings (SSSR count). The molecule has 3 nitrogen and oxygen atoms in total. The van der Waals surface area contributed by atoms with Gasteiger partial charge in [-0.3, -0.25) is 9.69 Å². The fourth-order valence-corrected chi connectivity index (χ4v) is 2.96. The van der Waals surface area contributed by atoms with Crippen molar-refractivity contribution in [3.63, 3.8) is 0 Å². The lowest BCUT2D eigenvalue weighted by molar-refractivity contribution is -0.144. The molecule has 19 heavy (non-hydrogen) atoms. The highest BCUT2D eigenvalue weighted by Gasteiger charge is 2.35. The predicted octanol–water partition coefficient (Wildman–Crippen LogP) is 2.35. The lowest BCUT2D eigenvalue weighted by atomic mass is 9.77. The molecule has 0 spiro atoms. The van der Waals surface area contributed by atoms with Crippen molar-refractivity contribution in [2.24, 2.45) is 0 Å². The van der Waals surface area contributed by atoms with Crippen molar-refractivity contribution in [1.82, 2.24) is 4.90 Å². The van der Waals surface area contributed by atoms with E-state index in [4.69, 9.17) is 4.74 Å². The van der Waals surface area contributed by atoms with Gasteiger partial charge in [0, 0.05) is 18.5 Å². The summed E-state index contributed by atoms with van der Waals surface area (Å²) in [6, 6.07) is 9.25. The fourth-order valence-electron chi connectivity index (χ4n) is 2.96. The van der Waals surface area contributed by atoms with Crippen LogP contribution in [-0.4, -0.2) is 36.6 Å². The smallest absolute Gasteiger partial charge is 0.320 e. The highest BCUT2D eigenvalue weighted by molar-refractivity contribution is 5.71. The molecule has 1 fully saturated rings. The van der Waals surface area contributed by atoms with Gasteiger partial charge in [0.15, 0.2) is 0 Å². The van der Waals surface area contributed by atoms with E-state index in [1.807, 2.05) is 6.92 Å². The molecule has 3 heteroatoms. The highest BCUT2D eigenvalue weighted by Crippen LogP contribution is 2.37. The highest BCUT2D eigenvalue weighted by atomic mass is 16.5. The second-order valence-corrected chi connectivity index (χ2v) is 5.57. The molecule has 0 radical (unpaired) electrons. The first-order chi connectivity index (χ1) is 9.28. The van der Waals surface area contributed by atoms with Crippen LogP contribution in [0, 0.1) is 0 Å². The Hall–Kier alpha value is -1.35. The molecule has 102 valence electrons. The molecule has 1 saturated carbocycles. The van der Waals surface area contributed by atoms with Gasteiger partial charge in [-0.05, 0) is 37.3 Å². The fraction of sp³-hybridized carbons (Fsp3) is 0.562. The van der Waals surface area contributed by atoms with Crippen molar-refractivity contribution in [2.75, 3.05) is 19.7 Å². The van der Waals surface area contributed by atoms with Gasteiger partial charge in [0.25, 0.3) is 0 Å². The standard InChI is InChI=1S/C16H21NO2/c1-2-19-16(18)11-17(14-7-8-14)10-13-9-12-5-3-4-6-15(12)13/h3-6,13-14H,2,7-11H2,1H3. The minimum atomic E-state index is -0.0815. The van der Waals surface area contributed by atoms with E-state index in [0.29, 0.717) is 25.1 Å². The van der Waals surface area contributed by atoms with Gasteiger partial charge in [-0.15, -0.1) is 0 Å². The summed E-state index contributed by atoms with van der Waals surface area (Å²) in [6.45, 7) is 3.79. The summed E-state index contributed by atoms with van der Waals surface area (Å²) in [5, 5.41) is 0. The Bertz CT molecular complexity index is 468. The quantitative estimate of drug-likeness (QED) is 0.734. The van der Waals surface area contributed by atoms with E-state index in [-0.39, 0.29) is 5.97 Å². The monoisotopic (exact) mass is 259 g/mol. The molecule has 0 saturated heterocycles. The van der Waals surface area contributed by atoms with Crippen LogP contribution in [0.25, 0.3) is 0 Å². The average molecular weight is 259 g/mol. The van der Waals surface area contributed by atoms with E-state index < -0.39 is 0 Å². The predicted molar refractivity (Wildman–Crippen MR) is 74.1 cm³/mol. The number of carbonyl (C=O) groups is 1. The number of ether oxygens (including phenoxy) is 1. The first-order valence-electron chi connectivity index (χ1n) is 7.25. The topological polar surface area (TPSA) is 29.5 Å². The van der Waals surface area contributed by atoms with Crippen LogP contribution in [0.15, 0.2) is 24.3 Å². The van der Waals surface area contributed by atoms with Crippen LogP contribution < -0.4 is 0 Å². The van der Waals surface area contributed by atoms with E-state index in [9.17, 15) is 4.79 Å². The zero-order chi connectivity index (χ0) is 13.2. The molecule has 2 aliphatic carbocycles. The van der Waals surface area contributed by atoms with Crippen molar-refractivity contribution < 1.29 is 9.53 Å². The summed E-state index contributed by atoms with van der Waals surface area (Å²) in [5.41, 5.74) is 2.94. The van der Waals surface area contributed by atoms with Crippen LogP contribution in [0.1, 0.15) is 36.8 Å². The number of rotatable bonds is 6. The second kappa shape index (κ2) is 5.33. The molecule has 2 aliphatic rings. The Kier molecular flexibility index (Phi) is 3.56. The summed E-state index contributed by atoms with van der Waals surface area (Å²) < 4.78 is 5.07. The van der Waals surface area contributed by atoms with E-state index in [0.717, 1.165) is 13.0 Å². The van der Waals surface area contributed by atoms with Crippen LogP contribution in [0.2, 0.25) is 0 Å². The molecule has 0 aromatic heterocycles. The summed E-state index contributed by atoms with van der Waals surface area (Å²) in [5.74, 6) is 0.522. The maximum absolute atomic E-state index is 11.7. The first kappa shape index (κ1) is 12.7. The van der Waals surface area contributed by atoms with Gasteiger partial charge in [0.1, 0.15) is 0 Å². The van der Waals surface area contributed by atoms with Crippen LogP contribution in [0.3, 0.4) is 0 Å². The molecular formula is C16H21NO2. The van der Waals surface area contributed by atoms with E-state index in [1.165, 1.54) is 24.0 Å². The zero-order valence-corrected chi connectivity index (χ0v) is 11.5. The van der Waals surface area contributed by atoms with Crippen molar-refractivity contribution in [2.45, 2.75) is 38.1 Å². The Labute approximate surface area is 114 Å². The van der Waals surface area contributed by atoms with E-state index in [2.05, 4.69) is 29.2 Å². The molecule has 0 bridgehead atoms. The Morgan fingerprint density at radius 3 is 2.84 bits per heavy atom. The molecule has 1 unspecified atom stereocenters. The number of carbonyl (C=O) groups excluding carboxylic acids is 1. The average Bonchev–Trinajstić information content (AvgIpc) is 3.19. The minimum Gasteiger partial charge on any atom is -0.465 e. The lowest BCUT2D eigenvalue weighted by Crippen LogP contribution is -2.38. The molecule has 0 amide bonds. The van der Waals surface area contributed by atoms with Gasteiger partial charge in [-0.25, -0.2) is 0 Å². The van der Waals surface area contributed by atoms with Crippen LogP contribution >= 0.6 is 0 Å². The van der Waals surface area contributed by atoms with Gasteiger partial charge in [0.05, 0.1) is 13.2 Å². The van der Waals surface area contributed by atoms with Gasteiger partial charge in [0.2, 0.25) is 0 Å².